The predicted molar refractivity (Wildman–Crippen MR) is 147 cm³/mol. The molecule has 9 heteroatoms. The van der Waals surface area contributed by atoms with E-state index in [-0.39, 0.29) is 21.7 Å². The molecule has 0 aromatic carbocycles. The first-order valence-corrected chi connectivity index (χ1v) is 13.6. The normalized spacial score (nSPS) is 13.5. The lowest BCUT2D eigenvalue weighted by Gasteiger charge is -2.30. The van der Waals surface area contributed by atoms with E-state index >= 15 is 0 Å². The first kappa shape index (κ1) is 31.4. The topological polar surface area (TPSA) is 89.1 Å². The molecule has 0 aliphatic heterocycles. The van der Waals surface area contributed by atoms with E-state index in [4.69, 9.17) is 14.2 Å². The SMILES string of the molecule is CC(C)(C)COCCn1cc(C(C)(C)CCC(C)(C)COCCOCCn2cc(C(C)(C)C)nn2)nn1. The second kappa shape index (κ2) is 13.3. The van der Waals surface area contributed by atoms with Gasteiger partial charge in [-0.2, -0.15) is 0 Å². The molecule has 9 nitrogen and oxygen atoms in total. The fourth-order valence-corrected chi connectivity index (χ4v) is 3.58. The van der Waals surface area contributed by atoms with Crippen LogP contribution in [0.3, 0.4) is 0 Å². The van der Waals surface area contributed by atoms with Crippen molar-refractivity contribution in [1.82, 2.24) is 30.0 Å². The maximum atomic E-state index is 5.95. The molecule has 0 aliphatic carbocycles. The molecule has 37 heavy (non-hydrogen) atoms. The van der Waals surface area contributed by atoms with Crippen LogP contribution in [-0.4, -0.2) is 69.6 Å². The van der Waals surface area contributed by atoms with Gasteiger partial charge in [0.05, 0.1) is 64.1 Å². The Morgan fingerprint density at radius 2 is 1.14 bits per heavy atom. The highest BCUT2D eigenvalue weighted by Gasteiger charge is 2.28. The summed E-state index contributed by atoms with van der Waals surface area (Å²) in [5.74, 6) is 0. The van der Waals surface area contributed by atoms with E-state index in [1.165, 1.54) is 0 Å². The molecule has 0 atom stereocenters. The maximum Gasteiger partial charge on any atom is 0.0883 e. The molecule has 0 unspecified atom stereocenters. The van der Waals surface area contributed by atoms with E-state index in [0.29, 0.717) is 39.6 Å². The molecule has 0 spiro atoms. The van der Waals surface area contributed by atoms with Crippen LogP contribution in [0.5, 0.6) is 0 Å². The quantitative estimate of drug-likeness (QED) is 0.286. The van der Waals surface area contributed by atoms with Crippen molar-refractivity contribution in [2.75, 3.05) is 39.6 Å². The van der Waals surface area contributed by atoms with Crippen LogP contribution in [0.25, 0.3) is 0 Å². The number of ether oxygens (including phenoxy) is 3. The summed E-state index contributed by atoms with van der Waals surface area (Å²) in [7, 11) is 0. The Bertz CT molecular complexity index is 921. The molecule has 2 aromatic heterocycles. The third kappa shape index (κ3) is 12.0. The third-order valence-corrected chi connectivity index (χ3v) is 6.30. The smallest absolute Gasteiger partial charge is 0.0883 e. The Morgan fingerprint density at radius 3 is 1.70 bits per heavy atom. The molecular weight excluding hydrogens is 468 g/mol. The predicted octanol–water partition coefficient (Wildman–Crippen LogP) is 5.05. The zero-order valence-electron chi connectivity index (χ0n) is 25.1. The van der Waals surface area contributed by atoms with Crippen molar-refractivity contribution >= 4 is 0 Å². The Balaban J connectivity index is 1.62. The third-order valence-electron chi connectivity index (χ3n) is 6.30. The van der Waals surface area contributed by atoms with Gasteiger partial charge >= 0.3 is 0 Å². The molecule has 212 valence electrons. The van der Waals surface area contributed by atoms with Gasteiger partial charge in [0.1, 0.15) is 0 Å². The zero-order valence-corrected chi connectivity index (χ0v) is 25.1. The summed E-state index contributed by atoms with van der Waals surface area (Å²) in [4.78, 5) is 0. The van der Waals surface area contributed by atoms with E-state index in [9.17, 15) is 0 Å². The Labute approximate surface area is 224 Å². The van der Waals surface area contributed by atoms with Crippen LogP contribution in [-0.2, 0) is 38.1 Å². The van der Waals surface area contributed by atoms with Crippen molar-refractivity contribution in [2.45, 2.75) is 106 Å². The van der Waals surface area contributed by atoms with Crippen LogP contribution in [0, 0.1) is 10.8 Å². The minimum Gasteiger partial charge on any atom is -0.379 e. The largest absolute Gasteiger partial charge is 0.379 e. The van der Waals surface area contributed by atoms with E-state index in [2.05, 4.69) is 96.1 Å². The van der Waals surface area contributed by atoms with E-state index in [0.717, 1.165) is 37.4 Å². The fraction of sp³-hybridized carbons (Fsp3) is 0.857. The minimum absolute atomic E-state index is 0.00856. The van der Waals surface area contributed by atoms with Crippen molar-refractivity contribution in [1.29, 1.82) is 0 Å². The summed E-state index contributed by atoms with van der Waals surface area (Å²) in [6.07, 6.45) is 6.09. The zero-order chi connectivity index (χ0) is 27.7. The molecule has 2 aromatic rings. The lowest BCUT2D eigenvalue weighted by molar-refractivity contribution is 0.00867. The lowest BCUT2D eigenvalue weighted by atomic mass is 9.78. The first-order chi connectivity index (χ1) is 17.1. The molecule has 0 N–H and O–H groups in total. The van der Waals surface area contributed by atoms with Gasteiger partial charge in [-0.25, -0.2) is 9.36 Å². The number of hydrogen-bond donors (Lipinski definition) is 0. The molecule has 0 amide bonds. The van der Waals surface area contributed by atoms with Gasteiger partial charge in [0.2, 0.25) is 0 Å². The monoisotopic (exact) mass is 520 g/mol. The number of hydrogen-bond acceptors (Lipinski definition) is 7. The van der Waals surface area contributed by atoms with Gasteiger partial charge in [0, 0.05) is 23.2 Å². The molecule has 0 bridgehead atoms. The van der Waals surface area contributed by atoms with Crippen LogP contribution in [0.4, 0.5) is 0 Å². The maximum absolute atomic E-state index is 5.95. The van der Waals surface area contributed by atoms with E-state index in [1.54, 1.807) is 0 Å². The van der Waals surface area contributed by atoms with Crippen LogP contribution in [0.1, 0.15) is 93.5 Å². The number of rotatable bonds is 16. The van der Waals surface area contributed by atoms with Crippen molar-refractivity contribution in [2.24, 2.45) is 10.8 Å². The summed E-state index contributed by atoms with van der Waals surface area (Å²) >= 11 is 0. The second-order valence-corrected chi connectivity index (χ2v) is 13.8. The molecule has 0 saturated carbocycles. The average molecular weight is 521 g/mol. The molecule has 2 rings (SSSR count). The van der Waals surface area contributed by atoms with Gasteiger partial charge in [-0.05, 0) is 23.7 Å². The van der Waals surface area contributed by atoms with Crippen LogP contribution >= 0.6 is 0 Å². The van der Waals surface area contributed by atoms with Gasteiger partial charge in [-0.3, -0.25) is 0 Å². The van der Waals surface area contributed by atoms with Crippen molar-refractivity contribution in [3.05, 3.63) is 23.8 Å². The van der Waals surface area contributed by atoms with Gasteiger partial charge in [-0.15, -0.1) is 10.2 Å². The molecule has 0 saturated heterocycles. The van der Waals surface area contributed by atoms with E-state index in [1.807, 2.05) is 15.6 Å². The Kier molecular flexibility index (Phi) is 11.3. The van der Waals surface area contributed by atoms with Crippen molar-refractivity contribution < 1.29 is 14.2 Å². The second-order valence-electron chi connectivity index (χ2n) is 13.8. The van der Waals surface area contributed by atoms with Gasteiger partial charge < -0.3 is 14.2 Å². The summed E-state index contributed by atoms with van der Waals surface area (Å²) in [6, 6.07) is 0. The Hall–Kier alpha value is -1.84. The average Bonchev–Trinajstić information content (AvgIpc) is 3.44. The fourth-order valence-electron chi connectivity index (χ4n) is 3.58. The number of aromatic nitrogens is 6. The molecule has 0 aliphatic rings. The molecule has 0 fully saturated rings. The molecular formula is C28H52N6O3. The molecule has 0 radical (unpaired) electrons. The highest BCUT2D eigenvalue weighted by atomic mass is 16.5. The summed E-state index contributed by atoms with van der Waals surface area (Å²) in [5, 5.41) is 17.2. The molecule has 2 heterocycles. The van der Waals surface area contributed by atoms with Crippen LogP contribution in [0.2, 0.25) is 0 Å². The van der Waals surface area contributed by atoms with Crippen LogP contribution < -0.4 is 0 Å². The standard InChI is InChI=1S/C28H52N6O3/c1-25(2,3)21-36-16-14-34-20-24(30-32-34)28(9,10)12-11-27(7,8)22-37-18-17-35-15-13-33-19-23(29-31-33)26(4,5)6/h19-20H,11-18,21-22H2,1-10H3. The van der Waals surface area contributed by atoms with Crippen molar-refractivity contribution in [3.8, 4) is 0 Å². The highest BCUT2D eigenvalue weighted by molar-refractivity contribution is 5.09. The number of nitrogens with zero attached hydrogens (tertiary/aromatic N) is 6. The Morgan fingerprint density at radius 1 is 0.622 bits per heavy atom. The van der Waals surface area contributed by atoms with E-state index < -0.39 is 0 Å². The van der Waals surface area contributed by atoms with Gasteiger partial charge in [0.15, 0.2) is 0 Å². The first-order valence-electron chi connectivity index (χ1n) is 13.6. The summed E-state index contributed by atoms with van der Waals surface area (Å²) in [6.45, 7) is 27.2. The van der Waals surface area contributed by atoms with Crippen molar-refractivity contribution in [3.63, 3.8) is 0 Å². The highest BCUT2D eigenvalue weighted by Crippen LogP contribution is 2.33. The summed E-state index contributed by atoms with van der Waals surface area (Å²) in [5.41, 5.74) is 2.21. The van der Waals surface area contributed by atoms with Gasteiger partial charge in [0.25, 0.3) is 0 Å². The minimum atomic E-state index is -0.0564. The van der Waals surface area contributed by atoms with Gasteiger partial charge in [-0.1, -0.05) is 79.7 Å². The lowest BCUT2D eigenvalue weighted by Crippen LogP contribution is -2.26. The van der Waals surface area contributed by atoms with Crippen LogP contribution in [0.15, 0.2) is 12.4 Å². The summed E-state index contributed by atoms with van der Waals surface area (Å²) < 4.78 is 21.2.